The highest BCUT2D eigenvalue weighted by molar-refractivity contribution is 6.33. The lowest BCUT2D eigenvalue weighted by Crippen LogP contribution is -2.24. The van der Waals surface area contributed by atoms with Crippen LogP contribution >= 0.6 is 11.6 Å². The number of para-hydroxylation sites is 1. The molecule has 1 amide bonds. The van der Waals surface area contributed by atoms with Crippen LogP contribution in [0.1, 0.15) is 5.56 Å². The molecule has 0 aromatic heterocycles. The summed E-state index contributed by atoms with van der Waals surface area (Å²) < 4.78 is 18.1. The van der Waals surface area contributed by atoms with Crippen LogP contribution in [0.2, 0.25) is 5.02 Å². The summed E-state index contributed by atoms with van der Waals surface area (Å²) in [5.41, 5.74) is 2.80. The predicted octanol–water partition coefficient (Wildman–Crippen LogP) is 3.01. The number of halogens is 2. The zero-order valence-electron chi connectivity index (χ0n) is 10.9. The largest absolute Gasteiger partial charge is 0.484 e. The van der Waals surface area contributed by atoms with E-state index in [-0.39, 0.29) is 11.6 Å². The minimum atomic E-state index is -0.433. The fourth-order valence-corrected chi connectivity index (χ4v) is 1.69. The lowest BCUT2D eigenvalue weighted by atomic mass is 10.2. The standard InChI is InChI=1S/C15H12ClFN2O2/c16-14-8-12(17)7-6-11(14)9-18-19-15(20)10-21-13-4-2-1-3-5-13/h1-9H,10H2,(H,19,20). The third-order valence-corrected chi connectivity index (χ3v) is 2.80. The first-order valence-electron chi connectivity index (χ1n) is 6.10. The molecule has 0 fully saturated rings. The van der Waals surface area contributed by atoms with E-state index in [1.54, 1.807) is 12.1 Å². The Hall–Kier alpha value is -2.40. The van der Waals surface area contributed by atoms with E-state index in [9.17, 15) is 9.18 Å². The second kappa shape index (κ2) is 7.40. The monoisotopic (exact) mass is 306 g/mol. The molecule has 0 saturated carbocycles. The smallest absolute Gasteiger partial charge is 0.277 e. The Morgan fingerprint density at radius 1 is 1.29 bits per heavy atom. The van der Waals surface area contributed by atoms with Crippen molar-refractivity contribution in [3.8, 4) is 5.75 Å². The van der Waals surface area contributed by atoms with Gasteiger partial charge in [-0.05, 0) is 30.3 Å². The van der Waals surface area contributed by atoms with Crippen molar-refractivity contribution in [3.05, 3.63) is 64.9 Å². The summed E-state index contributed by atoms with van der Waals surface area (Å²) in [6.45, 7) is -0.154. The van der Waals surface area contributed by atoms with Crippen LogP contribution in [0.3, 0.4) is 0 Å². The molecule has 2 aromatic rings. The van der Waals surface area contributed by atoms with Crippen molar-refractivity contribution in [2.24, 2.45) is 5.10 Å². The molecule has 1 N–H and O–H groups in total. The molecule has 0 radical (unpaired) electrons. The molecule has 0 bridgehead atoms. The van der Waals surface area contributed by atoms with E-state index in [4.69, 9.17) is 16.3 Å². The Morgan fingerprint density at radius 3 is 2.76 bits per heavy atom. The van der Waals surface area contributed by atoms with Gasteiger partial charge in [0, 0.05) is 5.56 Å². The second-order valence-electron chi connectivity index (χ2n) is 4.06. The van der Waals surface area contributed by atoms with Crippen molar-refractivity contribution in [1.82, 2.24) is 5.43 Å². The van der Waals surface area contributed by atoms with E-state index in [1.807, 2.05) is 18.2 Å². The molecule has 0 aliphatic heterocycles. The van der Waals surface area contributed by atoms with Gasteiger partial charge in [0.05, 0.1) is 11.2 Å². The van der Waals surface area contributed by atoms with E-state index in [0.29, 0.717) is 11.3 Å². The van der Waals surface area contributed by atoms with Gasteiger partial charge in [0.2, 0.25) is 0 Å². The molecule has 0 aliphatic rings. The Bertz CT molecular complexity index is 647. The molecule has 0 heterocycles. The zero-order chi connectivity index (χ0) is 15.1. The quantitative estimate of drug-likeness (QED) is 0.682. The van der Waals surface area contributed by atoms with E-state index < -0.39 is 11.7 Å². The molecule has 108 valence electrons. The summed E-state index contributed by atoms with van der Waals surface area (Å²) in [5.74, 6) is -0.246. The molecule has 2 aromatic carbocycles. The highest BCUT2D eigenvalue weighted by Gasteiger charge is 2.02. The van der Waals surface area contributed by atoms with Crippen molar-refractivity contribution in [2.75, 3.05) is 6.61 Å². The summed E-state index contributed by atoms with van der Waals surface area (Å²) in [7, 11) is 0. The van der Waals surface area contributed by atoms with Gasteiger partial charge in [0.15, 0.2) is 6.61 Å². The van der Waals surface area contributed by atoms with Gasteiger partial charge in [-0.15, -0.1) is 0 Å². The summed E-state index contributed by atoms with van der Waals surface area (Å²) in [4.78, 5) is 11.5. The molecule has 4 nitrogen and oxygen atoms in total. The number of benzene rings is 2. The molecular weight excluding hydrogens is 295 g/mol. The number of carbonyl (C=O) groups excluding carboxylic acids is 1. The number of hydrogen-bond donors (Lipinski definition) is 1. The fraction of sp³-hybridized carbons (Fsp3) is 0.0667. The minimum Gasteiger partial charge on any atom is -0.484 e. The second-order valence-corrected chi connectivity index (χ2v) is 4.47. The van der Waals surface area contributed by atoms with Crippen LogP contribution in [0.4, 0.5) is 4.39 Å². The predicted molar refractivity (Wildman–Crippen MR) is 79.1 cm³/mol. The van der Waals surface area contributed by atoms with E-state index >= 15 is 0 Å². The van der Waals surface area contributed by atoms with E-state index in [1.165, 1.54) is 24.4 Å². The van der Waals surface area contributed by atoms with E-state index in [0.717, 1.165) is 0 Å². The third-order valence-electron chi connectivity index (χ3n) is 2.47. The van der Waals surface area contributed by atoms with Gasteiger partial charge in [-0.3, -0.25) is 4.79 Å². The van der Waals surface area contributed by atoms with Gasteiger partial charge in [0.25, 0.3) is 5.91 Å². The Kier molecular flexibility index (Phi) is 5.29. The number of carbonyl (C=O) groups is 1. The topological polar surface area (TPSA) is 50.7 Å². The minimum absolute atomic E-state index is 0.154. The molecule has 2 rings (SSSR count). The van der Waals surface area contributed by atoms with Crippen molar-refractivity contribution in [3.63, 3.8) is 0 Å². The molecule has 0 aliphatic carbocycles. The SMILES string of the molecule is O=C(COc1ccccc1)NN=Cc1ccc(F)cc1Cl. The molecule has 6 heteroatoms. The van der Waals surface area contributed by atoms with Gasteiger partial charge in [0.1, 0.15) is 11.6 Å². The van der Waals surface area contributed by atoms with Crippen LogP contribution < -0.4 is 10.2 Å². The van der Waals surface area contributed by atoms with Crippen molar-refractivity contribution in [2.45, 2.75) is 0 Å². The number of hydrogen-bond acceptors (Lipinski definition) is 3. The Balaban J connectivity index is 1.82. The number of ether oxygens (including phenoxy) is 1. The van der Waals surface area contributed by atoms with Gasteiger partial charge < -0.3 is 4.74 Å². The highest BCUT2D eigenvalue weighted by atomic mass is 35.5. The van der Waals surface area contributed by atoms with E-state index in [2.05, 4.69) is 10.5 Å². The molecule has 0 atom stereocenters. The maximum Gasteiger partial charge on any atom is 0.277 e. The van der Waals surface area contributed by atoms with Crippen molar-refractivity contribution in [1.29, 1.82) is 0 Å². The van der Waals surface area contributed by atoms with Crippen molar-refractivity contribution >= 4 is 23.7 Å². The molecule has 0 spiro atoms. The maximum atomic E-state index is 12.8. The molecule has 0 saturated heterocycles. The number of nitrogens with zero attached hydrogens (tertiary/aromatic N) is 1. The van der Waals surface area contributed by atoms with Crippen LogP contribution in [0.5, 0.6) is 5.75 Å². The van der Waals surface area contributed by atoms with Gasteiger partial charge in [-0.1, -0.05) is 29.8 Å². The third kappa shape index (κ3) is 4.89. The lowest BCUT2D eigenvalue weighted by molar-refractivity contribution is -0.123. The van der Waals surface area contributed by atoms with Crippen LogP contribution in [0.25, 0.3) is 0 Å². The Labute approximate surface area is 126 Å². The fourth-order valence-electron chi connectivity index (χ4n) is 1.48. The first-order chi connectivity index (χ1) is 10.1. The Morgan fingerprint density at radius 2 is 2.05 bits per heavy atom. The van der Waals surface area contributed by atoms with Crippen molar-refractivity contribution < 1.29 is 13.9 Å². The summed E-state index contributed by atoms with van der Waals surface area (Å²) in [6, 6.07) is 12.8. The van der Waals surface area contributed by atoms with Gasteiger partial charge in [-0.2, -0.15) is 5.10 Å². The summed E-state index contributed by atoms with van der Waals surface area (Å²) >= 11 is 5.82. The first kappa shape index (κ1) is 15.0. The summed E-state index contributed by atoms with van der Waals surface area (Å²) in [6.07, 6.45) is 1.34. The lowest BCUT2D eigenvalue weighted by Gasteiger charge is -2.04. The first-order valence-corrected chi connectivity index (χ1v) is 6.48. The van der Waals surface area contributed by atoms with Crippen LogP contribution in [-0.2, 0) is 4.79 Å². The average molecular weight is 307 g/mol. The average Bonchev–Trinajstić information content (AvgIpc) is 2.48. The maximum absolute atomic E-state index is 12.8. The molecule has 0 unspecified atom stereocenters. The zero-order valence-corrected chi connectivity index (χ0v) is 11.7. The normalized spacial score (nSPS) is 10.6. The number of rotatable bonds is 5. The number of nitrogens with one attached hydrogen (secondary N) is 1. The summed E-state index contributed by atoms with van der Waals surface area (Å²) in [5, 5.41) is 3.95. The number of amides is 1. The highest BCUT2D eigenvalue weighted by Crippen LogP contribution is 2.15. The molecular formula is C15H12ClFN2O2. The molecule has 21 heavy (non-hydrogen) atoms. The van der Waals surface area contributed by atoms with Crippen LogP contribution in [-0.4, -0.2) is 18.7 Å². The van der Waals surface area contributed by atoms with Crippen LogP contribution in [0, 0.1) is 5.82 Å². The van der Waals surface area contributed by atoms with Gasteiger partial charge >= 0.3 is 0 Å². The van der Waals surface area contributed by atoms with Crippen LogP contribution in [0.15, 0.2) is 53.6 Å². The number of hydrazone groups is 1. The van der Waals surface area contributed by atoms with Gasteiger partial charge in [-0.25, -0.2) is 9.82 Å².